The summed E-state index contributed by atoms with van der Waals surface area (Å²) >= 11 is 0. The van der Waals surface area contributed by atoms with Gasteiger partial charge in [-0.05, 0) is 56.4 Å². The highest BCUT2D eigenvalue weighted by molar-refractivity contribution is 7.89. The van der Waals surface area contributed by atoms with Crippen LogP contribution < -0.4 is 4.72 Å². The Labute approximate surface area is 119 Å². The Kier molecular flexibility index (Phi) is 4.45. The number of carbonyl (C=O) groups is 1. The molecule has 0 heterocycles. The lowest BCUT2D eigenvalue weighted by Crippen LogP contribution is -2.39. The van der Waals surface area contributed by atoms with Crippen LogP contribution in [-0.4, -0.2) is 27.0 Å². The lowest BCUT2D eigenvalue weighted by Gasteiger charge is -2.13. The van der Waals surface area contributed by atoms with Crippen molar-refractivity contribution in [3.63, 3.8) is 0 Å². The summed E-state index contributed by atoms with van der Waals surface area (Å²) in [5.41, 5.74) is 2.29. The summed E-state index contributed by atoms with van der Waals surface area (Å²) in [7, 11) is -3.70. The Morgan fingerprint density at radius 2 is 2.05 bits per heavy atom. The highest BCUT2D eigenvalue weighted by Gasteiger charge is 2.24. The van der Waals surface area contributed by atoms with Crippen molar-refractivity contribution in [2.75, 3.05) is 6.61 Å². The summed E-state index contributed by atoms with van der Waals surface area (Å²) in [6.07, 6.45) is 2.97. The molecule has 0 bridgehead atoms. The van der Waals surface area contributed by atoms with E-state index in [4.69, 9.17) is 4.74 Å². The summed E-state index contributed by atoms with van der Waals surface area (Å²) in [6, 6.07) is 4.24. The predicted octanol–water partition coefficient (Wildman–Crippen LogP) is 1.41. The Bertz CT molecular complexity index is 610. The monoisotopic (exact) mass is 297 g/mol. The number of rotatable bonds is 5. The number of ether oxygens (including phenoxy) is 1. The van der Waals surface area contributed by atoms with Crippen LogP contribution in [0.25, 0.3) is 0 Å². The summed E-state index contributed by atoms with van der Waals surface area (Å²) in [6.45, 7) is 3.38. The Morgan fingerprint density at radius 3 is 2.75 bits per heavy atom. The third-order valence-corrected chi connectivity index (χ3v) is 4.89. The van der Waals surface area contributed by atoms with Crippen molar-refractivity contribution in [1.29, 1.82) is 0 Å². The first-order valence-electron chi connectivity index (χ1n) is 6.75. The van der Waals surface area contributed by atoms with Gasteiger partial charge in [0.25, 0.3) is 0 Å². The quantitative estimate of drug-likeness (QED) is 0.834. The number of carbonyl (C=O) groups excluding carboxylic acids is 1. The molecule has 1 aromatic carbocycles. The number of hydrogen-bond donors (Lipinski definition) is 1. The molecule has 0 saturated carbocycles. The fourth-order valence-corrected chi connectivity index (χ4v) is 3.57. The first-order chi connectivity index (χ1) is 9.44. The molecule has 1 aromatic rings. The highest BCUT2D eigenvalue weighted by Crippen LogP contribution is 2.24. The van der Waals surface area contributed by atoms with Crippen LogP contribution in [0.1, 0.15) is 31.4 Å². The van der Waals surface area contributed by atoms with Gasteiger partial charge in [0.1, 0.15) is 6.04 Å². The van der Waals surface area contributed by atoms with E-state index in [9.17, 15) is 13.2 Å². The number of fused-ring (bicyclic) bond motifs is 1. The molecule has 0 aromatic heterocycles. The van der Waals surface area contributed by atoms with Crippen LogP contribution in [0, 0.1) is 0 Å². The van der Waals surface area contributed by atoms with Gasteiger partial charge in [-0.15, -0.1) is 0 Å². The maximum absolute atomic E-state index is 12.2. The number of sulfonamides is 1. The van der Waals surface area contributed by atoms with E-state index in [0.717, 1.165) is 24.8 Å². The first kappa shape index (κ1) is 15.0. The molecule has 1 aliphatic rings. The second-order valence-electron chi connectivity index (χ2n) is 4.88. The molecule has 6 heteroatoms. The SMILES string of the molecule is CCOC(=O)C(C)NS(=O)(=O)c1ccc2c(c1)CCC2. The standard InChI is InChI=1S/C14H19NO4S/c1-3-19-14(16)10(2)15-20(17,18)13-8-7-11-5-4-6-12(11)9-13/h7-10,15H,3-6H2,1-2H3. The second-order valence-corrected chi connectivity index (χ2v) is 6.59. The van der Waals surface area contributed by atoms with E-state index < -0.39 is 22.0 Å². The van der Waals surface area contributed by atoms with E-state index in [0.29, 0.717) is 0 Å². The first-order valence-corrected chi connectivity index (χ1v) is 8.23. The Hall–Kier alpha value is -1.40. The van der Waals surface area contributed by atoms with Gasteiger partial charge in [-0.25, -0.2) is 8.42 Å². The van der Waals surface area contributed by atoms with E-state index >= 15 is 0 Å². The molecule has 110 valence electrons. The van der Waals surface area contributed by atoms with Gasteiger partial charge in [0.15, 0.2) is 0 Å². The molecule has 1 aliphatic carbocycles. The summed E-state index contributed by atoms with van der Waals surface area (Å²) in [4.78, 5) is 11.7. The van der Waals surface area contributed by atoms with Crippen LogP contribution in [0.5, 0.6) is 0 Å². The van der Waals surface area contributed by atoms with E-state index in [1.54, 1.807) is 19.1 Å². The van der Waals surface area contributed by atoms with Gasteiger partial charge in [-0.2, -0.15) is 4.72 Å². The molecule has 0 aliphatic heterocycles. The van der Waals surface area contributed by atoms with Gasteiger partial charge in [0.05, 0.1) is 11.5 Å². The lowest BCUT2D eigenvalue weighted by atomic mass is 10.1. The lowest BCUT2D eigenvalue weighted by molar-refractivity contribution is -0.144. The van der Waals surface area contributed by atoms with Crippen LogP contribution in [0.3, 0.4) is 0 Å². The number of esters is 1. The molecule has 0 amide bonds. The summed E-state index contributed by atoms with van der Waals surface area (Å²) in [5, 5.41) is 0. The van der Waals surface area contributed by atoms with Crippen molar-refractivity contribution in [1.82, 2.24) is 4.72 Å². The molecule has 2 rings (SSSR count). The van der Waals surface area contributed by atoms with E-state index in [1.807, 2.05) is 6.07 Å². The van der Waals surface area contributed by atoms with Crippen LogP contribution in [-0.2, 0) is 32.4 Å². The average molecular weight is 297 g/mol. The molecule has 0 fully saturated rings. The van der Waals surface area contributed by atoms with Crippen LogP contribution in [0.4, 0.5) is 0 Å². The van der Waals surface area contributed by atoms with Gasteiger partial charge in [0, 0.05) is 0 Å². The molecule has 0 spiro atoms. The molecular formula is C14H19NO4S. The summed E-state index contributed by atoms with van der Waals surface area (Å²) in [5.74, 6) is -0.572. The number of aryl methyl sites for hydroxylation is 2. The van der Waals surface area contributed by atoms with Gasteiger partial charge >= 0.3 is 5.97 Å². The Balaban J connectivity index is 2.16. The zero-order valence-electron chi connectivity index (χ0n) is 11.7. The van der Waals surface area contributed by atoms with Gasteiger partial charge < -0.3 is 4.74 Å². The predicted molar refractivity (Wildman–Crippen MR) is 74.9 cm³/mol. The van der Waals surface area contributed by atoms with E-state index in [-0.39, 0.29) is 11.5 Å². The number of hydrogen-bond acceptors (Lipinski definition) is 4. The molecular weight excluding hydrogens is 278 g/mol. The normalized spacial score (nSPS) is 15.7. The van der Waals surface area contributed by atoms with Crippen molar-refractivity contribution >= 4 is 16.0 Å². The van der Waals surface area contributed by atoms with Crippen LogP contribution in [0.2, 0.25) is 0 Å². The molecule has 5 nitrogen and oxygen atoms in total. The van der Waals surface area contributed by atoms with Crippen LogP contribution >= 0.6 is 0 Å². The van der Waals surface area contributed by atoms with Crippen molar-refractivity contribution < 1.29 is 17.9 Å². The van der Waals surface area contributed by atoms with Crippen LogP contribution in [0.15, 0.2) is 23.1 Å². The second kappa shape index (κ2) is 5.93. The van der Waals surface area contributed by atoms with Crippen molar-refractivity contribution in [2.24, 2.45) is 0 Å². The smallest absolute Gasteiger partial charge is 0.323 e. The molecule has 1 atom stereocenters. The molecule has 1 N–H and O–H groups in total. The Morgan fingerprint density at radius 1 is 1.35 bits per heavy atom. The topological polar surface area (TPSA) is 72.5 Å². The third kappa shape index (κ3) is 3.19. The largest absolute Gasteiger partial charge is 0.465 e. The van der Waals surface area contributed by atoms with E-state index in [1.165, 1.54) is 12.5 Å². The van der Waals surface area contributed by atoms with E-state index in [2.05, 4.69) is 4.72 Å². The fourth-order valence-electron chi connectivity index (χ4n) is 2.33. The molecule has 0 saturated heterocycles. The zero-order valence-corrected chi connectivity index (χ0v) is 12.5. The van der Waals surface area contributed by atoms with Crippen molar-refractivity contribution in [2.45, 2.75) is 44.0 Å². The van der Waals surface area contributed by atoms with Gasteiger partial charge in [0.2, 0.25) is 10.0 Å². The number of nitrogens with one attached hydrogen (secondary N) is 1. The maximum Gasteiger partial charge on any atom is 0.323 e. The van der Waals surface area contributed by atoms with Crippen molar-refractivity contribution in [3.8, 4) is 0 Å². The van der Waals surface area contributed by atoms with Gasteiger partial charge in [-0.3, -0.25) is 4.79 Å². The molecule has 0 radical (unpaired) electrons. The highest BCUT2D eigenvalue weighted by atomic mass is 32.2. The van der Waals surface area contributed by atoms with Crippen molar-refractivity contribution in [3.05, 3.63) is 29.3 Å². The average Bonchev–Trinajstić information content (AvgIpc) is 2.85. The minimum atomic E-state index is -3.70. The molecule has 20 heavy (non-hydrogen) atoms. The third-order valence-electron chi connectivity index (χ3n) is 3.35. The summed E-state index contributed by atoms with van der Waals surface area (Å²) < 4.78 is 31.6. The molecule has 1 unspecified atom stereocenters. The maximum atomic E-state index is 12.2. The zero-order chi connectivity index (χ0) is 14.8. The fraction of sp³-hybridized carbons (Fsp3) is 0.500. The van der Waals surface area contributed by atoms with Gasteiger partial charge in [-0.1, -0.05) is 6.07 Å². The minimum Gasteiger partial charge on any atom is -0.465 e. The minimum absolute atomic E-state index is 0.203. The number of benzene rings is 1.